The van der Waals surface area contributed by atoms with Gasteiger partial charge in [-0.15, -0.1) is 0 Å². The molecule has 1 fully saturated rings. The topological polar surface area (TPSA) is 12.5 Å². The van der Waals surface area contributed by atoms with E-state index in [1.807, 2.05) is 0 Å². The molecular formula is C21H27NO. The van der Waals surface area contributed by atoms with Crippen LogP contribution in [0.4, 0.5) is 0 Å². The van der Waals surface area contributed by atoms with Crippen molar-refractivity contribution in [3.8, 4) is 0 Å². The highest BCUT2D eigenvalue weighted by atomic mass is 16.5. The summed E-state index contributed by atoms with van der Waals surface area (Å²) in [5.74, 6) is 0. The monoisotopic (exact) mass is 309 g/mol. The van der Waals surface area contributed by atoms with Crippen LogP contribution in [-0.2, 0) is 4.74 Å². The number of hydrogen-bond donors (Lipinski definition) is 0. The molecule has 23 heavy (non-hydrogen) atoms. The first-order valence-electron chi connectivity index (χ1n) is 8.67. The van der Waals surface area contributed by atoms with Crippen LogP contribution in [0.3, 0.4) is 0 Å². The molecule has 0 saturated heterocycles. The van der Waals surface area contributed by atoms with Crippen LogP contribution in [0, 0.1) is 0 Å². The molecule has 0 spiro atoms. The Morgan fingerprint density at radius 1 is 0.826 bits per heavy atom. The normalized spacial score (nSPS) is 21.7. The van der Waals surface area contributed by atoms with E-state index in [0.29, 0.717) is 12.1 Å². The van der Waals surface area contributed by atoms with Crippen LogP contribution in [0.2, 0.25) is 0 Å². The molecule has 1 saturated carbocycles. The van der Waals surface area contributed by atoms with Gasteiger partial charge in [-0.2, -0.15) is 0 Å². The smallest absolute Gasteiger partial charge is 0.108 e. The molecule has 0 amide bonds. The largest absolute Gasteiger partial charge is 0.364 e. The molecule has 2 aromatic rings. The summed E-state index contributed by atoms with van der Waals surface area (Å²) in [7, 11) is 4.35. The third kappa shape index (κ3) is 4.01. The number of nitrogens with zero attached hydrogens (tertiary/aromatic N) is 1. The maximum absolute atomic E-state index is 6.70. The molecule has 2 unspecified atom stereocenters. The van der Waals surface area contributed by atoms with E-state index in [9.17, 15) is 0 Å². The van der Waals surface area contributed by atoms with Gasteiger partial charge in [-0.1, -0.05) is 73.5 Å². The van der Waals surface area contributed by atoms with E-state index in [1.165, 1.54) is 30.4 Å². The van der Waals surface area contributed by atoms with Gasteiger partial charge in [0.05, 0.1) is 6.10 Å². The second kappa shape index (κ2) is 7.76. The predicted octanol–water partition coefficient (Wildman–Crippen LogP) is 4.67. The van der Waals surface area contributed by atoms with Crippen LogP contribution in [0.5, 0.6) is 0 Å². The second-order valence-corrected chi connectivity index (χ2v) is 6.69. The maximum atomic E-state index is 6.70. The molecule has 122 valence electrons. The highest BCUT2D eigenvalue weighted by Crippen LogP contribution is 2.33. The minimum absolute atomic E-state index is 0.0166. The van der Waals surface area contributed by atoms with E-state index in [-0.39, 0.29) is 6.10 Å². The van der Waals surface area contributed by atoms with Crippen LogP contribution in [0.1, 0.15) is 42.9 Å². The van der Waals surface area contributed by atoms with E-state index in [4.69, 9.17) is 4.74 Å². The summed E-state index contributed by atoms with van der Waals surface area (Å²) >= 11 is 0. The minimum Gasteiger partial charge on any atom is -0.364 e. The fourth-order valence-electron chi connectivity index (χ4n) is 3.61. The van der Waals surface area contributed by atoms with Gasteiger partial charge in [0.2, 0.25) is 0 Å². The van der Waals surface area contributed by atoms with Gasteiger partial charge in [-0.05, 0) is 38.1 Å². The molecule has 0 heterocycles. The molecule has 3 rings (SSSR count). The minimum atomic E-state index is 0.0166. The van der Waals surface area contributed by atoms with Crippen molar-refractivity contribution in [3.63, 3.8) is 0 Å². The van der Waals surface area contributed by atoms with Crippen molar-refractivity contribution in [1.82, 2.24) is 4.90 Å². The predicted molar refractivity (Wildman–Crippen MR) is 95.5 cm³/mol. The summed E-state index contributed by atoms with van der Waals surface area (Å²) in [4.78, 5) is 2.33. The first-order valence-corrected chi connectivity index (χ1v) is 8.67. The van der Waals surface area contributed by atoms with E-state index >= 15 is 0 Å². The van der Waals surface area contributed by atoms with Gasteiger partial charge in [0.1, 0.15) is 6.10 Å². The maximum Gasteiger partial charge on any atom is 0.108 e. The van der Waals surface area contributed by atoms with Crippen LogP contribution in [-0.4, -0.2) is 31.1 Å². The Morgan fingerprint density at radius 3 is 1.87 bits per heavy atom. The standard InChI is InChI=1S/C21H27NO/c1-22(2)19-15-9-10-16-20(19)23-21(17-11-5-3-6-12-17)18-13-7-4-8-14-18/h3-8,11-14,19-21H,9-10,15-16H2,1-2H3. The highest BCUT2D eigenvalue weighted by molar-refractivity contribution is 5.30. The Labute approximate surface area is 140 Å². The Hall–Kier alpha value is -1.64. The third-order valence-corrected chi connectivity index (χ3v) is 4.85. The lowest BCUT2D eigenvalue weighted by Crippen LogP contribution is -2.43. The number of ether oxygens (including phenoxy) is 1. The molecule has 0 bridgehead atoms. The number of rotatable bonds is 5. The first kappa shape index (κ1) is 16.2. The van der Waals surface area contributed by atoms with Crippen molar-refractivity contribution in [2.45, 2.75) is 43.9 Å². The molecule has 1 aliphatic rings. The van der Waals surface area contributed by atoms with Gasteiger partial charge in [0.25, 0.3) is 0 Å². The van der Waals surface area contributed by atoms with Crippen LogP contribution < -0.4 is 0 Å². The second-order valence-electron chi connectivity index (χ2n) is 6.69. The first-order chi connectivity index (χ1) is 11.3. The summed E-state index contributed by atoms with van der Waals surface area (Å²) in [5, 5.41) is 0. The molecule has 2 aromatic carbocycles. The van der Waals surface area contributed by atoms with Crippen LogP contribution in [0.25, 0.3) is 0 Å². The molecular weight excluding hydrogens is 282 g/mol. The summed E-state index contributed by atoms with van der Waals surface area (Å²) in [5.41, 5.74) is 2.48. The molecule has 2 atom stereocenters. The Bertz CT molecular complexity index is 542. The van der Waals surface area contributed by atoms with Crippen molar-refractivity contribution in [1.29, 1.82) is 0 Å². The number of likely N-dealkylation sites (N-methyl/N-ethyl adjacent to an activating group) is 1. The van der Waals surface area contributed by atoms with E-state index in [0.717, 1.165) is 6.42 Å². The highest BCUT2D eigenvalue weighted by Gasteiger charge is 2.30. The molecule has 0 radical (unpaired) electrons. The fourth-order valence-corrected chi connectivity index (χ4v) is 3.61. The zero-order chi connectivity index (χ0) is 16.1. The van der Waals surface area contributed by atoms with Crippen LogP contribution >= 0.6 is 0 Å². The summed E-state index contributed by atoms with van der Waals surface area (Å²) < 4.78 is 6.70. The summed E-state index contributed by atoms with van der Waals surface area (Å²) in [6.45, 7) is 0. The van der Waals surface area contributed by atoms with E-state index < -0.39 is 0 Å². The zero-order valence-electron chi connectivity index (χ0n) is 14.2. The molecule has 0 aliphatic heterocycles. The number of hydrogen-bond acceptors (Lipinski definition) is 2. The summed E-state index contributed by atoms with van der Waals surface area (Å²) in [6.07, 6.45) is 5.27. The summed E-state index contributed by atoms with van der Waals surface area (Å²) in [6, 6.07) is 21.7. The van der Waals surface area contributed by atoms with Crippen molar-refractivity contribution >= 4 is 0 Å². The van der Waals surface area contributed by atoms with Gasteiger partial charge in [-0.25, -0.2) is 0 Å². The molecule has 0 N–H and O–H groups in total. The zero-order valence-corrected chi connectivity index (χ0v) is 14.2. The van der Waals surface area contributed by atoms with Gasteiger partial charge >= 0.3 is 0 Å². The SMILES string of the molecule is CN(C)C1CCCCC1OC(c1ccccc1)c1ccccc1. The van der Waals surface area contributed by atoms with Crippen LogP contribution in [0.15, 0.2) is 60.7 Å². The molecule has 0 aromatic heterocycles. The van der Waals surface area contributed by atoms with Crippen molar-refractivity contribution in [3.05, 3.63) is 71.8 Å². The lowest BCUT2D eigenvalue weighted by Gasteiger charge is -2.38. The van der Waals surface area contributed by atoms with Crippen molar-refractivity contribution < 1.29 is 4.74 Å². The Kier molecular flexibility index (Phi) is 5.47. The van der Waals surface area contributed by atoms with E-state index in [1.54, 1.807) is 0 Å². The van der Waals surface area contributed by atoms with Crippen molar-refractivity contribution in [2.24, 2.45) is 0 Å². The van der Waals surface area contributed by atoms with Gasteiger partial charge in [-0.3, -0.25) is 0 Å². The van der Waals surface area contributed by atoms with E-state index in [2.05, 4.69) is 79.7 Å². The lowest BCUT2D eigenvalue weighted by molar-refractivity contribution is -0.0538. The fraction of sp³-hybridized carbons (Fsp3) is 0.429. The average molecular weight is 309 g/mol. The Balaban J connectivity index is 1.87. The molecule has 2 nitrogen and oxygen atoms in total. The van der Waals surface area contributed by atoms with Gasteiger partial charge in [0, 0.05) is 6.04 Å². The quantitative estimate of drug-likeness (QED) is 0.796. The van der Waals surface area contributed by atoms with Gasteiger partial charge < -0.3 is 9.64 Å². The third-order valence-electron chi connectivity index (χ3n) is 4.85. The Morgan fingerprint density at radius 2 is 1.35 bits per heavy atom. The average Bonchev–Trinajstić information content (AvgIpc) is 2.61. The molecule has 2 heteroatoms. The number of benzene rings is 2. The van der Waals surface area contributed by atoms with Crippen molar-refractivity contribution in [2.75, 3.05) is 14.1 Å². The van der Waals surface area contributed by atoms with Gasteiger partial charge in [0.15, 0.2) is 0 Å². The molecule has 1 aliphatic carbocycles. The lowest BCUT2D eigenvalue weighted by atomic mass is 9.91.